The Kier molecular flexibility index (Phi) is 4.69. The molecule has 0 radical (unpaired) electrons. The van der Waals surface area contributed by atoms with Gasteiger partial charge in [-0.1, -0.05) is 0 Å². The number of amides is 1. The minimum Gasteiger partial charge on any atom is -0.379 e. The summed E-state index contributed by atoms with van der Waals surface area (Å²) in [5.74, 6) is -2.19. The van der Waals surface area contributed by atoms with E-state index in [4.69, 9.17) is 4.74 Å². The summed E-state index contributed by atoms with van der Waals surface area (Å²) in [6, 6.07) is 2.42. The van der Waals surface area contributed by atoms with Gasteiger partial charge in [-0.3, -0.25) is 4.79 Å². The lowest BCUT2D eigenvalue weighted by molar-refractivity contribution is 0.0929. The highest BCUT2D eigenvalue weighted by Gasteiger charge is 2.24. The van der Waals surface area contributed by atoms with E-state index in [0.29, 0.717) is 18.8 Å². The van der Waals surface area contributed by atoms with E-state index in [1.54, 1.807) is 0 Å². The predicted molar refractivity (Wildman–Crippen MR) is 77.9 cm³/mol. The summed E-state index contributed by atoms with van der Waals surface area (Å²) in [6.07, 6.45) is 2.24. The molecule has 2 aliphatic rings. The lowest BCUT2D eigenvalue weighted by atomic mass is 9.88. The average molecular weight is 310 g/mol. The first-order valence-corrected chi connectivity index (χ1v) is 7.73. The van der Waals surface area contributed by atoms with Crippen LogP contribution in [-0.2, 0) is 4.74 Å². The van der Waals surface area contributed by atoms with E-state index in [9.17, 15) is 13.6 Å². The second-order valence-electron chi connectivity index (χ2n) is 5.92. The highest BCUT2D eigenvalue weighted by atomic mass is 19.2. The summed E-state index contributed by atoms with van der Waals surface area (Å²) in [5.41, 5.74) is 0.494. The molecule has 1 aromatic carbocycles. The third-order valence-corrected chi connectivity index (χ3v) is 4.36. The molecule has 4 nitrogen and oxygen atoms in total. The maximum atomic E-state index is 14.1. The zero-order chi connectivity index (χ0) is 15.5. The number of piperidine rings is 1. The molecular weight excluding hydrogens is 290 g/mol. The predicted octanol–water partition coefficient (Wildman–Crippen LogP) is 1.95. The van der Waals surface area contributed by atoms with Gasteiger partial charge in [0.05, 0.1) is 12.6 Å². The molecule has 1 unspecified atom stereocenters. The number of ether oxygens (including phenoxy) is 1. The second-order valence-corrected chi connectivity index (χ2v) is 5.92. The van der Waals surface area contributed by atoms with Gasteiger partial charge in [0.15, 0.2) is 11.6 Å². The number of hydrogen-bond donors (Lipinski definition) is 2. The maximum absolute atomic E-state index is 14.1. The first kappa shape index (κ1) is 15.4. The lowest BCUT2D eigenvalue weighted by Crippen LogP contribution is -2.35. The molecule has 2 heterocycles. The Morgan fingerprint density at radius 1 is 1.23 bits per heavy atom. The van der Waals surface area contributed by atoms with Gasteiger partial charge in [0.2, 0.25) is 0 Å². The van der Waals surface area contributed by atoms with E-state index in [2.05, 4.69) is 10.6 Å². The molecule has 2 saturated heterocycles. The van der Waals surface area contributed by atoms with Crippen LogP contribution in [-0.4, -0.2) is 38.3 Å². The van der Waals surface area contributed by atoms with Gasteiger partial charge in [-0.2, -0.15) is 0 Å². The standard InChI is InChI=1S/C16H20F2N2O2/c17-14-8-11(16(21)20-12-3-6-22-9-12)7-13(15(14)18)10-1-4-19-5-2-10/h7-8,10,12,19H,1-6,9H2,(H,20,21). The van der Waals surface area contributed by atoms with Crippen LogP contribution in [0.25, 0.3) is 0 Å². The molecule has 0 bridgehead atoms. The molecule has 120 valence electrons. The summed E-state index contributed by atoms with van der Waals surface area (Å²) in [4.78, 5) is 12.2. The van der Waals surface area contributed by atoms with Gasteiger partial charge in [0.25, 0.3) is 5.91 Å². The van der Waals surface area contributed by atoms with Gasteiger partial charge in [-0.25, -0.2) is 8.78 Å². The van der Waals surface area contributed by atoms with Gasteiger partial charge < -0.3 is 15.4 Å². The molecule has 0 saturated carbocycles. The molecule has 0 spiro atoms. The van der Waals surface area contributed by atoms with Crippen LogP contribution in [0.5, 0.6) is 0 Å². The van der Waals surface area contributed by atoms with Crippen molar-refractivity contribution in [3.63, 3.8) is 0 Å². The number of carbonyl (C=O) groups excluding carboxylic acids is 1. The van der Waals surface area contributed by atoms with Crippen molar-refractivity contribution in [2.24, 2.45) is 0 Å². The molecule has 0 aliphatic carbocycles. The normalized spacial score (nSPS) is 22.7. The van der Waals surface area contributed by atoms with E-state index in [-0.39, 0.29) is 23.4 Å². The fourth-order valence-corrected chi connectivity index (χ4v) is 3.09. The highest BCUT2D eigenvalue weighted by Crippen LogP contribution is 2.29. The van der Waals surface area contributed by atoms with Gasteiger partial charge in [-0.15, -0.1) is 0 Å². The zero-order valence-electron chi connectivity index (χ0n) is 12.3. The van der Waals surface area contributed by atoms with Crippen LogP contribution >= 0.6 is 0 Å². The van der Waals surface area contributed by atoms with Gasteiger partial charge >= 0.3 is 0 Å². The minimum atomic E-state index is -0.955. The Morgan fingerprint density at radius 3 is 2.68 bits per heavy atom. The van der Waals surface area contributed by atoms with Crippen molar-refractivity contribution in [1.29, 1.82) is 0 Å². The van der Waals surface area contributed by atoms with Gasteiger partial charge in [0, 0.05) is 12.2 Å². The fourth-order valence-electron chi connectivity index (χ4n) is 3.09. The van der Waals surface area contributed by atoms with Crippen LogP contribution in [0.15, 0.2) is 12.1 Å². The Labute approximate surface area is 128 Å². The van der Waals surface area contributed by atoms with Crippen LogP contribution in [0.2, 0.25) is 0 Å². The Bertz CT molecular complexity index is 553. The minimum absolute atomic E-state index is 0.0432. The van der Waals surface area contributed by atoms with E-state index in [0.717, 1.165) is 38.4 Å². The summed E-state index contributed by atoms with van der Waals surface area (Å²) in [6.45, 7) is 2.64. The number of carbonyl (C=O) groups is 1. The van der Waals surface area contributed by atoms with Crippen LogP contribution in [0.4, 0.5) is 8.78 Å². The van der Waals surface area contributed by atoms with E-state index >= 15 is 0 Å². The van der Waals surface area contributed by atoms with Crippen LogP contribution < -0.4 is 10.6 Å². The van der Waals surface area contributed by atoms with Gasteiger partial charge in [-0.05, 0) is 56.0 Å². The molecular formula is C16H20F2N2O2. The number of benzene rings is 1. The fraction of sp³-hybridized carbons (Fsp3) is 0.562. The molecule has 0 aromatic heterocycles. The Hall–Kier alpha value is -1.53. The average Bonchev–Trinajstić information content (AvgIpc) is 3.03. The zero-order valence-corrected chi connectivity index (χ0v) is 12.3. The molecule has 1 amide bonds. The van der Waals surface area contributed by atoms with E-state index in [1.807, 2.05) is 0 Å². The quantitative estimate of drug-likeness (QED) is 0.897. The summed E-state index contributed by atoms with van der Waals surface area (Å²) >= 11 is 0. The second kappa shape index (κ2) is 6.71. The van der Waals surface area contributed by atoms with Crippen LogP contribution in [0.1, 0.15) is 41.1 Å². The van der Waals surface area contributed by atoms with Crippen LogP contribution in [0, 0.1) is 11.6 Å². The summed E-state index contributed by atoms with van der Waals surface area (Å²) in [5, 5.41) is 6.00. The smallest absolute Gasteiger partial charge is 0.251 e. The van der Waals surface area contributed by atoms with E-state index in [1.165, 1.54) is 6.07 Å². The lowest BCUT2D eigenvalue weighted by Gasteiger charge is -2.24. The van der Waals surface area contributed by atoms with Crippen molar-refractivity contribution >= 4 is 5.91 Å². The van der Waals surface area contributed by atoms with Gasteiger partial charge in [0.1, 0.15) is 0 Å². The molecule has 2 fully saturated rings. The molecule has 2 N–H and O–H groups in total. The first-order valence-electron chi connectivity index (χ1n) is 7.73. The molecule has 6 heteroatoms. The van der Waals surface area contributed by atoms with Crippen molar-refractivity contribution in [2.45, 2.75) is 31.2 Å². The summed E-state index contributed by atoms with van der Waals surface area (Å²) < 4.78 is 33.2. The van der Waals surface area contributed by atoms with E-state index < -0.39 is 11.6 Å². The number of hydrogen-bond acceptors (Lipinski definition) is 3. The highest BCUT2D eigenvalue weighted by molar-refractivity contribution is 5.94. The molecule has 2 aliphatic heterocycles. The third kappa shape index (κ3) is 3.28. The summed E-state index contributed by atoms with van der Waals surface area (Å²) in [7, 11) is 0. The van der Waals surface area contributed by atoms with Crippen molar-refractivity contribution in [3.05, 3.63) is 34.9 Å². The van der Waals surface area contributed by atoms with Crippen molar-refractivity contribution in [2.75, 3.05) is 26.3 Å². The molecule has 1 atom stereocenters. The number of halogens is 2. The number of rotatable bonds is 3. The Balaban J connectivity index is 1.81. The topological polar surface area (TPSA) is 50.4 Å². The monoisotopic (exact) mass is 310 g/mol. The SMILES string of the molecule is O=C(NC1CCOC1)c1cc(F)c(F)c(C2CCNCC2)c1. The van der Waals surface area contributed by atoms with Crippen LogP contribution in [0.3, 0.4) is 0 Å². The number of nitrogens with one attached hydrogen (secondary N) is 2. The Morgan fingerprint density at radius 2 is 2.00 bits per heavy atom. The first-order chi connectivity index (χ1) is 10.6. The van der Waals surface area contributed by atoms with Crippen molar-refractivity contribution in [1.82, 2.24) is 10.6 Å². The molecule has 3 rings (SSSR count). The molecule has 22 heavy (non-hydrogen) atoms. The largest absolute Gasteiger partial charge is 0.379 e. The molecule has 1 aromatic rings. The van der Waals surface area contributed by atoms with Crippen molar-refractivity contribution < 1.29 is 18.3 Å². The van der Waals surface area contributed by atoms with Crippen molar-refractivity contribution in [3.8, 4) is 0 Å². The third-order valence-electron chi connectivity index (χ3n) is 4.36. The maximum Gasteiger partial charge on any atom is 0.251 e.